The Kier molecular flexibility index (Phi) is 9.41. The van der Waals surface area contributed by atoms with Crippen LogP contribution in [0.5, 0.6) is 0 Å². The molecule has 2 aromatic carbocycles. The lowest BCUT2D eigenvalue weighted by Crippen LogP contribution is -2.40. The lowest BCUT2D eigenvalue weighted by molar-refractivity contribution is -0.145. The number of nitrogens with zero attached hydrogens (tertiary/aromatic N) is 2. The Balaban J connectivity index is 2.55. The average molecular weight is 499 g/mol. The third kappa shape index (κ3) is 6.58. The van der Waals surface area contributed by atoms with Crippen molar-refractivity contribution in [1.29, 1.82) is 5.26 Å². The third-order valence-electron chi connectivity index (χ3n) is 6.80. The van der Waals surface area contributed by atoms with E-state index >= 15 is 0 Å². The Hall–Kier alpha value is -2.53. The predicted octanol–water partition coefficient (Wildman–Crippen LogP) is 8.22. The van der Waals surface area contributed by atoms with Crippen molar-refractivity contribution in [3.8, 4) is 6.07 Å². The third-order valence-corrected chi connectivity index (χ3v) is 6.80. The summed E-state index contributed by atoms with van der Waals surface area (Å²) in [5, 5.41) is 10.2. The molecule has 2 aromatic rings. The molecule has 2 atom stereocenters. The Morgan fingerprint density at radius 1 is 0.857 bits per heavy atom. The average Bonchev–Trinajstić information content (AvgIpc) is 2.80. The van der Waals surface area contributed by atoms with Crippen LogP contribution in [0.2, 0.25) is 0 Å². The van der Waals surface area contributed by atoms with Gasteiger partial charge in [-0.1, -0.05) is 64.1 Å². The molecule has 0 saturated carbocycles. The van der Waals surface area contributed by atoms with Gasteiger partial charge in [0.25, 0.3) is 0 Å². The Bertz CT molecular complexity index is 959. The standard InChI is InChI=1S/C27H32F6N2/c1-5-21(35(6-2)17-20-11-8-7-9-12-20)15-16-25(18-34,19(3)4)24-22(26(28,29)30)13-10-14-23(24)27(31,32)33/h7-14,19,21H,5-6,15-17H2,1-4H3. The molecule has 35 heavy (non-hydrogen) atoms. The predicted molar refractivity (Wildman–Crippen MR) is 124 cm³/mol. The lowest BCUT2D eigenvalue weighted by Gasteiger charge is -2.38. The van der Waals surface area contributed by atoms with E-state index in [2.05, 4.69) is 4.90 Å². The highest BCUT2D eigenvalue weighted by Crippen LogP contribution is 2.49. The highest BCUT2D eigenvalue weighted by atomic mass is 19.4. The van der Waals surface area contributed by atoms with Crippen molar-refractivity contribution in [2.24, 2.45) is 5.92 Å². The number of halogens is 6. The molecule has 2 nitrogen and oxygen atoms in total. The van der Waals surface area contributed by atoms with E-state index < -0.39 is 40.4 Å². The van der Waals surface area contributed by atoms with Gasteiger partial charge in [-0.25, -0.2) is 0 Å². The van der Waals surface area contributed by atoms with E-state index in [0.717, 1.165) is 11.6 Å². The number of benzene rings is 2. The Morgan fingerprint density at radius 3 is 1.80 bits per heavy atom. The number of rotatable bonds is 10. The van der Waals surface area contributed by atoms with E-state index in [1.165, 1.54) is 13.8 Å². The zero-order valence-corrected chi connectivity index (χ0v) is 20.5. The van der Waals surface area contributed by atoms with E-state index in [1.807, 2.05) is 50.2 Å². The highest BCUT2D eigenvalue weighted by molar-refractivity contribution is 5.48. The summed E-state index contributed by atoms with van der Waals surface area (Å²) in [6.45, 7) is 8.18. The molecule has 192 valence electrons. The van der Waals surface area contributed by atoms with Crippen LogP contribution in [0.15, 0.2) is 48.5 Å². The van der Waals surface area contributed by atoms with Crippen molar-refractivity contribution in [3.63, 3.8) is 0 Å². The molecule has 0 spiro atoms. The lowest BCUT2D eigenvalue weighted by atomic mass is 9.66. The molecule has 8 heteroatoms. The molecule has 0 saturated heterocycles. The van der Waals surface area contributed by atoms with E-state index in [1.54, 1.807) is 0 Å². The second kappa shape index (κ2) is 11.5. The van der Waals surface area contributed by atoms with Crippen molar-refractivity contribution >= 4 is 0 Å². The Labute approximate surface area is 203 Å². The van der Waals surface area contributed by atoms with Gasteiger partial charge >= 0.3 is 12.4 Å². The van der Waals surface area contributed by atoms with Crippen LogP contribution in [0.1, 0.15) is 69.2 Å². The van der Waals surface area contributed by atoms with Gasteiger partial charge in [0, 0.05) is 12.6 Å². The number of alkyl halides is 6. The number of hydrogen-bond acceptors (Lipinski definition) is 2. The van der Waals surface area contributed by atoms with Crippen molar-refractivity contribution in [2.45, 2.75) is 77.3 Å². The van der Waals surface area contributed by atoms with Crippen molar-refractivity contribution in [3.05, 3.63) is 70.8 Å². The quantitative estimate of drug-likeness (QED) is 0.309. The fourth-order valence-electron chi connectivity index (χ4n) is 4.80. The maximum Gasteiger partial charge on any atom is 0.416 e. The molecule has 0 N–H and O–H groups in total. The topological polar surface area (TPSA) is 27.0 Å². The molecule has 0 aliphatic carbocycles. The van der Waals surface area contributed by atoms with Crippen molar-refractivity contribution in [2.75, 3.05) is 6.54 Å². The first-order valence-corrected chi connectivity index (χ1v) is 11.8. The van der Waals surface area contributed by atoms with Crippen LogP contribution in [0.4, 0.5) is 26.3 Å². The summed E-state index contributed by atoms with van der Waals surface area (Å²) in [5.74, 6) is -0.779. The van der Waals surface area contributed by atoms with Crippen LogP contribution in [0.25, 0.3) is 0 Å². The van der Waals surface area contributed by atoms with Crippen LogP contribution >= 0.6 is 0 Å². The van der Waals surface area contributed by atoms with Gasteiger partial charge in [0.1, 0.15) is 0 Å². The number of hydrogen-bond donors (Lipinski definition) is 0. The van der Waals surface area contributed by atoms with E-state index in [0.29, 0.717) is 31.6 Å². The summed E-state index contributed by atoms with van der Waals surface area (Å²) >= 11 is 0. The second-order valence-corrected chi connectivity index (χ2v) is 9.11. The maximum absolute atomic E-state index is 14.0. The van der Waals surface area contributed by atoms with E-state index in [9.17, 15) is 31.6 Å². The molecule has 0 aliphatic heterocycles. The van der Waals surface area contributed by atoms with Gasteiger partial charge in [-0.05, 0) is 55.0 Å². The summed E-state index contributed by atoms with van der Waals surface area (Å²) in [5.41, 5.74) is -4.65. The van der Waals surface area contributed by atoms with Gasteiger partial charge in [0.15, 0.2) is 0 Å². The molecule has 0 radical (unpaired) electrons. The molecule has 0 fully saturated rings. The molecule has 0 aromatic heterocycles. The molecule has 0 aliphatic rings. The van der Waals surface area contributed by atoms with Gasteiger partial charge < -0.3 is 0 Å². The summed E-state index contributed by atoms with van der Waals surface area (Å²) in [7, 11) is 0. The molecule has 0 bridgehead atoms. The molecule has 0 heterocycles. The second-order valence-electron chi connectivity index (χ2n) is 9.11. The first-order valence-electron chi connectivity index (χ1n) is 11.8. The monoisotopic (exact) mass is 498 g/mol. The van der Waals surface area contributed by atoms with Gasteiger partial charge in [0.05, 0.1) is 22.6 Å². The summed E-state index contributed by atoms with van der Waals surface area (Å²) < 4.78 is 83.7. The molecule has 2 rings (SSSR count). The highest BCUT2D eigenvalue weighted by Gasteiger charge is 2.49. The zero-order valence-electron chi connectivity index (χ0n) is 20.5. The normalized spacial score (nSPS) is 15.2. The van der Waals surface area contributed by atoms with E-state index in [-0.39, 0.29) is 18.9 Å². The molecule has 2 unspecified atom stereocenters. The van der Waals surface area contributed by atoms with Crippen LogP contribution in [0.3, 0.4) is 0 Å². The Morgan fingerprint density at radius 2 is 1.40 bits per heavy atom. The summed E-state index contributed by atoms with van der Waals surface area (Å²) in [6.07, 6.45) is -9.25. The van der Waals surface area contributed by atoms with Gasteiger partial charge in [-0.3, -0.25) is 4.90 Å². The largest absolute Gasteiger partial charge is 0.416 e. The maximum atomic E-state index is 14.0. The molecular weight excluding hydrogens is 466 g/mol. The first kappa shape index (κ1) is 28.7. The van der Waals surface area contributed by atoms with Gasteiger partial charge in [-0.2, -0.15) is 31.6 Å². The fourth-order valence-corrected chi connectivity index (χ4v) is 4.80. The van der Waals surface area contributed by atoms with Crippen LogP contribution < -0.4 is 0 Å². The zero-order chi connectivity index (χ0) is 26.4. The fraction of sp³-hybridized carbons (Fsp3) is 0.519. The van der Waals surface area contributed by atoms with Gasteiger partial charge in [0.2, 0.25) is 0 Å². The van der Waals surface area contributed by atoms with Gasteiger partial charge in [-0.15, -0.1) is 0 Å². The molecule has 0 amide bonds. The summed E-state index contributed by atoms with van der Waals surface area (Å²) in [4.78, 5) is 2.15. The smallest absolute Gasteiger partial charge is 0.296 e. The van der Waals surface area contributed by atoms with Crippen LogP contribution in [0, 0.1) is 17.2 Å². The minimum atomic E-state index is -5.03. The van der Waals surface area contributed by atoms with E-state index in [4.69, 9.17) is 0 Å². The summed E-state index contributed by atoms with van der Waals surface area (Å²) in [6, 6.07) is 13.5. The van der Waals surface area contributed by atoms with Crippen molar-refractivity contribution in [1.82, 2.24) is 4.90 Å². The molecular formula is C27H32F6N2. The number of nitriles is 1. The minimum Gasteiger partial charge on any atom is -0.296 e. The van der Waals surface area contributed by atoms with Crippen LogP contribution in [-0.4, -0.2) is 17.5 Å². The first-order chi connectivity index (χ1) is 16.3. The SMILES string of the molecule is CCC(CCC(C#N)(c1c(C(F)(F)F)cccc1C(F)(F)F)C(C)C)N(CC)Cc1ccccc1. The van der Waals surface area contributed by atoms with Crippen molar-refractivity contribution < 1.29 is 26.3 Å². The van der Waals surface area contributed by atoms with Crippen LogP contribution in [-0.2, 0) is 24.3 Å². The minimum absolute atomic E-state index is 0.112.